The van der Waals surface area contributed by atoms with Crippen LogP contribution in [0.15, 0.2) is 124 Å². The number of benzene rings is 4. The van der Waals surface area contributed by atoms with Crippen LogP contribution in [0.2, 0.25) is 0 Å². The summed E-state index contributed by atoms with van der Waals surface area (Å²) >= 11 is -0.608. The van der Waals surface area contributed by atoms with Crippen LogP contribution in [0, 0.1) is 10.1 Å². The molecule has 4 aromatic carbocycles. The van der Waals surface area contributed by atoms with Crippen molar-refractivity contribution in [3.63, 3.8) is 0 Å². The van der Waals surface area contributed by atoms with Crippen molar-refractivity contribution in [2.75, 3.05) is 0 Å². The van der Waals surface area contributed by atoms with Gasteiger partial charge in [-0.2, -0.15) is 0 Å². The van der Waals surface area contributed by atoms with Crippen molar-refractivity contribution >= 4 is 32.0 Å². The van der Waals surface area contributed by atoms with Crippen molar-refractivity contribution in [3.05, 3.63) is 137 Å². The quantitative estimate of drug-likeness (QED) is 0.102. The van der Waals surface area contributed by atoms with Gasteiger partial charge in [-0.25, -0.2) is 0 Å². The fraction of sp³-hybridized carbons (Fsp3) is 0.0333. The number of rotatable bonds is 4. The predicted molar refractivity (Wildman–Crippen MR) is 141 cm³/mol. The molecule has 0 atom stereocenters. The maximum atomic E-state index is 13.4. The molecule has 0 spiro atoms. The summed E-state index contributed by atoms with van der Waals surface area (Å²) in [4.78, 5) is 11.8. The van der Waals surface area contributed by atoms with Crippen molar-refractivity contribution in [2.45, 2.75) is 6.18 Å². The SMILES string of the molecule is O=c1cc(C(F)(F)F)c2ccc(C#[C][Au][PH](c3ccccc3)(c3ccccc3)c3ccccc3)cc2o1. The first-order valence-electron chi connectivity index (χ1n) is 11.3. The Hall–Kier alpha value is -3.39. The molecular weight excluding hydrogens is 677 g/mol. The molecule has 0 aliphatic rings. The van der Waals surface area contributed by atoms with Crippen LogP contribution < -0.4 is 21.5 Å². The molecule has 0 aliphatic carbocycles. The van der Waals surface area contributed by atoms with E-state index in [-0.39, 0.29) is 11.0 Å². The molecule has 0 bridgehead atoms. The molecule has 1 heterocycles. The second-order valence-corrected chi connectivity index (χ2v) is 18.3. The summed E-state index contributed by atoms with van der Waals surface area (Å²) in [5, 5.41) is 1.13. The van der Waals surface area contributed by atoms with Crippen LogP contribution in [-0.4, -0.2) is 0 Å². The average molecular weight is 697 g/mol. The van der Waals surface area contributed by atoms with Crippen LogP contribution in [0.5, 0.6) is 0 Å². The maximum absolute atomic E-state index is 13.4. The summed E-state index contributed by atoms with van der Waals surface area (Å²) in [5.41, 5.74) is -1.67. The minimum atomic E-state index is -4.65. The zero-order chi connectivity index (χ0) is 25.9. The summed E-state index contributed by atoms with van der Waals surface area (Å²) in [6.45, 7) is 0. The van der Waals surface area contributed by atoms with Gasteiger partial charge in [0.15, 0.2) is 0 Å². The number of alkyl halides is 3. The Kier molecular flexibility index (Phi) is 7.20. The Morgan fingerprint density at radius 1 is 0.703 bits per heavy atom. The number of fused-ring (bicyclic) bond motifs is 1. The minimum absolute atomic E-state index is 0.124. The monoisotopic (exact) mass is 697 g/mol. The molecule has 7 heteroatoms. The summed E-state index contributed by atoms with van der Waals surface area (Å²) < 4.78 is 48.8. The average Bonchev–Trinajstić information content (AvgIpc) is 2.91. The molecule has 0 fully saturated rings. The Labute approximate surface area is 221 Å². The van der Waals surface area contributed by atoms with Crippen LogP contribution in [-0.2, 0) is 25.4 Å². The van der Waals surface area contributed by atoms with E-state index in [1.807, 2.05) is 54.6 Å². The van der Waals surface area contributed by atoms with Crippen LogP contribution >= 0.6 is 5.15 Å². The van der Waals surface area contributed by atoms with Crippen molar-refractivity contribution in [3.8, 4) is 10.1 Å². The molecule has 2 nitrogen and oxygen atoms in total. The van der Waals surface area contributed by atoms with E-state index in [1.165, 1.54) is 28.0 Å². The Morgan fingerprint density at radius 2 is 1.22 bits per heavy atom. The second kappa shape index (κ2) is 10.5. The number of halogens is 3. The van der Waals surface area contributed by atoms with Gasteiger partial charge in [0.05, 0.1) is 0 Å². The van der Waals surface area contributed by atoms with Crippen molar-refractivity contribution in [2.24, 2.45) is 0 Å². The van der Waals surface area contributed by atoms with Gasteiger partial charge < -0.3 is 0 Å². The van der Waals surface area contributed by atoms with Crippen LogP contribution in [0.4, 0.5) is 13.2 Å². The van der Waals surface area contributed by atoms with Gasteiger partial charge in [0, 0.05) is 0 Å². The van der Waals surface area contributed by atoms with Gasteiger partial charge in [-0.1, -0.05) is 0 Å². The fourth-order valence-electron chi connectivity index (χ4n) is 4.19. The van der Waals surface area contributed by atoms with Crippen molar-refractivity contribution in [1.29, 1.82) is 0 Å². The number of hydrogen-bond acceptors (Lipinski definition) is 2. The van der Waals surface area contributed by atoms with Crippen LogP contribution in [0.1, 0.15) is 11.1 Å². The van der Waals surface area contributed by atoms with Gasteiger partial charge in [-0.3, -0.25) is 0 Å². The molecule has 0 radical (unpaired) electrons. The first-order chi connectivity index (χ1) is 17.9. The second-order valence-electron chi connectivity index (χ2n) is 8.16. The third-order valence-corrected chi connectivity index (χ3v) is 18.5. The Bertz CT molecular complexity index is 1560. The molecule has 5 rings (SSSR count). The van der Waals surface area contributed by atoms with Crippen LogP contribution in [0.25, 0.3) is 11.0 Å². The van der Waals surface area contributed by atoms with E-state index < -0.39 is 41.7 Å². The summed E-state index contributed by atoms with van der Waals surface area (Å²) in [7, 11) is 0. The normalized spacial score (nSPS) is 12.2. The molecule has 0 saturated carbocycles. The molecule has 0 saturated heterocycles. The van der Waals surface area contributed by atoms with E-state index in [0.717, 1.165) is 0 Å². The van der Waals surface area contributed by atoms with Gasteiger partial charge in [0.2, 0.25) is 0 Å². The third-order valence-electron chi connectivity index (χ3n) is 5.83. The zero-order valence-electron chi connectivity index (χ0n) is 19.2. The molecule has 0 unspecified atom stereocenters. The molecule has 37 heavy (non-hydrogen) atoms. The van der Waals surface area contributed by atoms with Gasteiger partial charge >= 0.3 is 222 Å². The van der Waals surface area contributed by atoms with Gasteiger partial charge in [0.25, 0.3) is 0 Å². The molecule has 1 aromatic heterocycles. The van der Waals surface area contributed by atoms with E-state index in [4.69, 9.17) is 4.42 Å². The Morgan fingerprint density at radius 3 is 1.70 bits per heavy atom. The molecular formula is C30H20AuF3O2P. The molecule has 189 valence electrons. The molecule has 0 amide bonds. The molecule has 0 N–H and O–H groups in total. The van der Waals surface area contributed by atoms with Crippen molar-refractivity contribution < 1.29 is 36.8 Å². The first-order valence-corrected chi connectivity index (χ1v) is 17.4. The predicted octanol–water partition coefficient (Wildman–Crippen LogP) is 5.84. The topological polar surface area (TPSA) is 30.2 Å². The van der Waals surface area contributed by atoms with E-state index in [9.17, 15) is 18.0 Å². The first kappa shape index (κ1) is 25.3. The van der Waals surface area contributed by atoms with E-state index in [1.54, 1.807) is 6.07 Å². The Balaban J connectivity index is 1.63. The fourth-order valence-corrected chi connectivity index (χ4v) is 15.5. The van der Waals surface area contributed by atoms with E-state index >= 15 is 0 Å². The van der Waals surface area contributed by atoms with Gasteiger partial charge in [0.1, 0.15) is 0 Å². The molecule has 0 aliphatic heterocycles. The summed E-state index contributed by atoms with van der Waals surface area (Å²) in [6.07, 6.45) is -4.65. The molecule has 5 aromatic rings. The standard InChI is InChI=1S/C18H15P.C12H4F3O2.Au/c1-4-10-16(11-5-1)19(17-12-6-2-7-13-17)18-14-8-3-9-15-18;1-2-7-3-4-8-9(12(13,14)15)6-11(16)17-10(8)5-7;/h1-15H;3-6H;/q;;-1/p+1. The van der Waals surface area contributed by atoms with E-state index in [0.29, 0.717) is 11.6 Å². The summed E-state index contributed by atoms with van der Waals surface area (Å²) in [5.74, 6) is 3.16. The van der Waals surface area contributed by atoms with Gasteiger partial charge in [-0.05, 0) is 0 Å². The van der Waals surface area contributed by atoms with Gasteiger partial charge in [-0.15, -0.1) is 0 Å². The summed E-state index contributed by atoms with van der Waals surface area (Å²) in [6, 6.07) is 36.0. The van der Waals surface area contributed by atoms with Crippen LogP contribution in [0.3, 0.4) is 0 Å². The number of hydrogen-bond donors (Lipinski definition) is 0. The van der Waals surface area contributed by atoms with E-state index in [2.05, 4.69) is 46.5 Å². The third kappa shape index (κ3) is 5.21. The zero-order valence-corrected chi connectivity index (χ0v) is 22.4. The van der Waals surface area contributed by atoms with Crippen molar-refractivity contribution in [1.82, 2.24) is 0 Å².